The van der Waals surface area contributed by atoms with E-state index in [9.17, 15) is 0 Å². The van der Waals surface area contributed by atoms with Crippen LogP contribution in [0.1, 0.15) is 5.69 Å². The van der Waals surface area contributed by atoms with E-state index in [1.165, 1.54) is 11.8 Å². The molecular formula is C19H18N6S. The van der Waals surface area contributed by atoms with E-state index in [4.69, 9.17) is 4.98 Å². The van der Waals surface area contributed by atoms with Crippen molar-refractivity contribution in [2.24, 2.45) is 0 Å². The van der Waals surface area contributed by atoms with Crippen molar-refractivity contribution in [3.05, 3.63) is 60.3 Å². The van der Waals surface area contributed by atoms with Gasteiger partial charge < -0.3 is 10.6 Å². The highest BCUT2D eigenvalue weighted by Crippen LogP contribution is 2.30. The number of aromatic amines is 1. The maximum Gasteiger partial charge on any atom is 0.195 e. The fraction of sp³-hybridized carbons (Fsp3) is 0.105. The van der Waals surface area contributed by atoms with Crippen LogP contribution in [-0.2, 0) is 0 Å². The Kier molecular flexibility index (Phi) is 4.45. The van der Waals surface area contributed by atoms with Gasteiger partial charge >= 0.3 is 0 Å². The summed E-state index contributed by atoms with van der Waals surface area (Å²) in [5, 5.41) is 15.2. The minimum Gasteiger partial charge on any atom is -0.388 e. The first-order chi connectivity index (χ1) is 12.7. The molecular weight excluding hydrogens is 344 g/mol. The standard InChI is InChI=1S/C19H18N6S/c1-12-11-17(25-24-12)22-18-15-5-3-4-6-16(15)21-19(23-18)26-14-9-7-13(20-2)8-10-14/h3-11,20H,1-2H3,(H2,21,22,23,24,25). The van der Waals surface area contributed by atoms with Gasteiger partial charge in [-0.1, -0.05) is 12.1 Å². The third-order valence-corrected chi connectivity index (χ3v) is 4.76. The molecule has 0 aliphatic carbocycles. The first-order valence-electron chi connectivity index (χ1n) is 8.23. The molecule has 130 valence electrons. The minimum atomic E-state index is 0.690. The minimum absolute atomic E-state index is 0.690. The third-order valence-electron chi connectivity index (χ3n) is 3.89. The van der Waals surface area contributed by atoms with Gasteiger partial charge in [0.25, 0.3) is 0 Å². The number of aromatic nitrogens is 4. The molecule has 0 saturated heterocycles. The fourth-order valence-corrected chi connectivity index (χ4v) is 3.36. The highest BCUT2D eigenvalue weighted by molar-refractivity contribution is 7.99. The van der Waals surface area contributed by atoms with Gasteiger partial charge in [0.2, 0.25) is 0 Å². The van der Waals surface area contributed by atoms with E-state index in [1.807, 2.05) is 56.4 Å². The van der Waals surface area contributed by atoms with Gasteiger partial charge in [0.05, 0.1) is 5.52 Å². The Labute approximate surface area is 155 Å². The summed E-state index contributed by atoms with van der Waals surface area (Å²) in [4.78, 5) is 10.5. The average Bonchev–Trinajstić information content (AvgIpc) is 3.07. The Bertz CT molecular complexity index is 1040. The molecule has 3 N–H and O–H groups in total. The van der Waals surface area contributed by atoms with Gasteiger partial charge in [-0.3, -0.25) is 5.10 Å². The summed E-state index contributed by atoms with van der Waals surface area (Å²) in [6, 6.07) is 18.1. The molecule has 4 aromatic rings. The fourth-order valence-electron chi connectivity index (χ4n) is 2.59. The SMILES string of the molecule is CNc1ccc(Sc2nc(Nc3cc(C)[nH]n3)c3ccccc3n2)cc1. The molecule has 2 aromatic heterocycles. The van der Waals surface area contributed by atoms with E-state index >= 15 is 0 Å². The van der Waals surface area contributed by atoms with Crippen LogP contribution in [0.2, 0.25) is 0 Å². The molecule has 2 aromatic carbocycles. The molecule has 0 aliphatic heterocycles. The summed E-state index contributed by atoms with van der Waals surface area (Å²) >= 11 is 1.53. The van der Waals surface area contributed by atoms with Crippen molar-refractivity contribution < 1.29 is 0 Å². The smallest absolute Gasteiger partial charge is 0.195 e. The van der Waals surface area contributed by atoms with Gasteiger partial charge in [-0.2, -0.15) is 5.10 Å². The number of hydrogen-bond donors (Lipinski definition) is 3. The molecule has 6 nitrogen and oxygen atoms in total. The van der Waals surface area contributed by atoms with Crippen LogP contribution in [0.25, 0.3) is 10.9 Å². The number of aryl methyl sites for hydroxylation is 1. The summed E-state index contributed by atoms with van der Waals surface area (Å²) in [6.45, 7) is 1.96. The summed E-state index contributed by atoms with van der Waals surface area (Å²) in [5.74, 6) is 1.48. The highest BCUT2D eigenvalue weighted by Gasteiger charge is 2.10. The summed E-state index contributed by atoms with van der Waals surface area (Å²) in [5.41, 5.74) is 2.96. The number of H-pyrrole nitrogens is 1. The van der Waals surface area contributed by atoms with Crippen molar-refractivity contribution >= 4 is 40.0 Å². The molecule has 0 amide bonds. The monoisotopic (exact) mass is 362 g/mol. The molecule has 2 heterocycles. The van der Waals surface area contributed by atoms with E-state index in [1.54, 1.807) is 0 Å². The largest absolute Gasteiger partial charge is 0.388 e. The zero-order chi connectivity index (χ0) is 17.9. The summed E-state index contributed by atoms with van der Waals surface area (Å²) < 4.78 is 0. The Hall–Kier alpha value is -3.06. The molecule has 26 heavy (non-hydrogen) atoms. The third kappa shape index (κ3) is 3.48. The molecule has 0 aliphatic rings. The van der Waals surface area contributed by atoms with Gasteiger partial charge in [0, 0.05) is 34.8 Å². The molecule has 0 bridgehead atoms. The predicted octanol–water partition coefficient (Wildman–Crippen LogP) is 4.60. The molecule has 0 fully saturated rings. The topological polar surface area (TPSA) is 78.5 Å². The van der Waals surface area contributed by atoms with Gasteiger partial charge in [0.15, 0.2) is 11.0 Å². The number of benzene rings is 2. The summed E-state index contributed by atoms with van der Waals surface area (Å²) in [6.07, 6.45) is 0. The van der Waals surface area contributed by atoms with Gasteiger partial charge in [-0.05, 0) is 55.1 Å². The van der Waals surface area contributed by atoms with E-state index in [-0.39, 0.29) is 0 Å². The lowest BCUT2D eigenvalue weighted by molar-refractivity contribution is 1.00. The Morgan fingerprint density at radius 1 is 1.00 bits per heavy atom. The number of nitrogens with zero attached hydrogens (tertiary/aromatic N) is 3. The maximum atomic E-state index is 4.71. The molecule has 7 heteroatoms. The van der Waals surface area contributed by atoms with Crippen LogP contribution in [0.15, 0.2) is 64.6 Å². The van der Waals surface area contributed by atoms with Crippen molar-refractivity contribution in [3.63, 3.8) is 0 Å². The lowest BCUT2D eigenvalue weighted by Crippen LogP contribution is -1.99. The van der Waals surface area contributed by atoms with Crippen molar-refractivity contribution in [1.29, 1.82) is 0 Å². The lowest BCUT2D eigenvalue weighted by Gasteiger charge is -2.09. The van der Waals surface area contributed by atoms with Crippen molar-refractivity contribution in [3.8, 4) is 0 Å². The van der Waals surface area contributed by atoms with E-state index in [2.05, 4.69) is 37.9 Å². The number of nitrogens with one attached hydrogen (secondary N) is 3. The molecule has 0 unspecified atom stereocenters. The van der Waals surface area contributed by atoms with Crippen LogP contribution in [0.5, 0.6) is 0 Å². The second-order valence-corrected chi connectivity index (χ2v) is 6.85. The normalized spacial score (nSPS) is 10.8. The predicted molar refractivity (Wildman–Crippen MR) is 106 cm³/mol. The summed E-state index contributed by atoms with van der Waals surface area (Å²) in [7, 11) is 1.91. The molecule has 4 rings (SSSR count). The second kappa shape index (κ2) is 7.05. The average molecular weight is 362 g/mol. The zero-order valence-corrected chi connectivity index (χ0v) is 15.3. The van der Waals surface area contributed by atoms with Crippen LogP contribution in [-0.4, -0.2) is 27.2 Å². The van der Waals surface area contributed by atoms with Gasteiger partial charge in [-0.15, -0.1) is 0 Å². The van der Waals surface area contributed by atoms with Crippen LogP contribution in [0.4, 0.5) is 17.3 Å². The van der Waals surface area contributed by atoms with Crippen LogP contribution in [0.3, 0.4) is 0 Å². The molecule has 0 spiro atoms. The molecule has 0 radical (unpaired) electrons. The van der Waals surface area contributed by atoms with E-state index in [0.717, 1.165) is 38.8 Å². The molecule has 0 saturated carbocycles. The number of hydrogen-bond acceptors (Lipinski definition) is 6. The quantitative estimate of drug-likeness (QED) is 0.450. The zero-order valence-electron chi connectivity index (χ0n) is 14.4. The van der Waals surface area contributed by atoms with Crippen LogP contribution < -0.4 is 10.6 Å². The first-order valence-corrected chi connectivity index (χ1v) is 9.04. The van der Waals surface area contributed by atoms with Crippen molar-refractivity contribution in [2.75, 3.05) is 17.7 Å². The molecule has 0 atom stereocenters. The Balaban J connectivity index is 1.70. The maximum absolute atomic E-state index is 4.71. The van der Waals surface area contributed by atoms with Crippen molar-refractivity contribution in [1.82, 2.24) is 20.2 Å². The van der Waals surface area contributed by atoms with Gasteiger partial charge in [0.1, 0.15) is 5.82 Å². The number of para-hydroxylation sites is 1. The van der Waals surface area contributed by atoms with Crippen molar-refractivity contribution in [2.45, 2.75) is 17.0 Å². The van der Waals surface area contributed by atoms with Gasteiger partial charge in [-0.25, -0.2) is 9.97 Å². The van der Waals surface area contributed by atoms with Crippen LogP contribution >= 0.6 is 11.8 Å². The van der Waals surface area contributed by atoms with Crippen LogP contribution in [0, 0.1) is 6.92 Å². The number of rotatable bonds is 5. The Morgan fingerprint density at radius 3 is 2.54 bits per heavy atom. The second-order valence-electron chi connectivity index (χ2n) is 5.81. The number of fused-ring (bicyclic) bond motifs is 1. The number of anilines is 3. The van der Waals surface area contributed by atoms with E-state index < -0.39 is 0 Å². The first kappa shape index (κ1) is 16.4. The van der Waals surface area contributed by atoms with E-state index in [0.29, 0.717) is 5.16 Å². The Morgan fingerprint density at radius 2 is 1.81 bits per heavy atom. The highest BCUT2D eigenvalue weighted by atomic mass is 32.2. The lowest BCUT2D eigenvalue weighted by atomic mass is 10.2.